The Morgan fingerprint density at radius 2 is 0.667 bits per heavy atom. The van der Waals surface area contributed by atoms with Gasteiger partial charge in [-0.15, -0.1) is 0 Å². The molecule has 5 heterocycles. The third-order valence-corrected chi connectivity index (χ3v) is 44.0. The van der Waals surface area contributed by atoms with Crippen molar-refractivity contribution in [3.8, 4) is 0 Å². The average molecular weight is 1690 g/mol. The van der Waals surface area contributed by atoms with E-state index < -0.39 is 69.1 Å². The van der Waals surface area contributed by atoms with Crippen LogP contribution in [0.5, 0.6) is 0 Å². The number of aromatic amines is 2. The predicted octanol–water partition coefficient (Wildman–Crippen LogP) is -3.26. The number of halogens is 5. The average Bonchev–Trinajstić information content (AvgIpc) is 1.60. The van der Waals surface area contributed by atoms with Gasteiger partial charge in [-0.2, -0.15) is 0 Å². The summed E-state index contributed by atoms with van der Waals surface area (Å²) in [6.07, 6.45) is 17.9. The summed E-state index contributed by atoms with van der Waals surface area (Å²) in [4.78, 5) is 13.5. The summed E-state index contributed by atoms with van der Waals surface area (Å²) in [7, 11) is -20.5. The molecule has 0 fully saturated rings. The first kappa shape index (κ1) is 93.1. The van der Waals surface area contributed by atoms with E-state index in [0.717, 1.165) is 90.8 Å². The Labute approximate surface area is 652 Å². The number of H-pyrrole nitrogens is 2. The van der Waals surface area contributed by atoms with Crippen LogP contribution in [-0.4, -0.2) is 176 Å². The van der Waals surface area contributed by atoms with E-state index in [1.807, 2.05) is 72.8 Å². The minimum Gasteiger partial charge on any atom is -1.00 e. The Morgan fingerprint density at radius 1 is 0.373 bits per heavy atom. The van der Waals surface area contributed by atoms with Gasteiger partial charge in [0, 0.05) is 144 Å². The van der Waals surface area contributed by atoms with Crippen molar-refractivity contribution >= 4 is 97.1 Å². The number of rotatable bonds is 32. The van der Waals surface area contributed by atoms with Gasteiger partial charge in [-0.25, -0.2) is 57.6 Å². The van der Waals surface area contributed by atoms with Gasteiger partial charge < -0.3 is 77.3 Å². The van der Waals surface area contributed by atoms with Crippen LogP contribution in [0.25, 0.3) is 22.3 Å². The van der Waals surface area contributed by atoms with Gasteiger partial charge in [-0.3, -0.25) is 0 Å². The number of benzene rings is 4. The van der Waals surface area contributed by atoms with E-state index in [1.165, 1.54) is 0 Å². The molecular weight excluding hydrogens is 1590 g/mol. The first-order valence-electron chi connectivity index (χ1n) is 33.6. The smallest absolute Gasteiger partial charge is 1.00 e. The normalized spacial score (nSPS) is 16.8. The number of allylic oxidation sites excluding steroid dienone is 4. The summed E-state index contributed by atoms with van der Waals surface area (Å²) in [6.45, 7) is 28.0. The minimum absolute atomic E-state index is 0. The Hall–Kier alpha value is -3.06. The number of hydrogen-bond acceptors (Lipinski definition) is 10. The van der Waals surface area contributed by atoms with Gasteiger partial charge in [0.1, 0.15) is 0 Å². The fourth-order valence-electron chi connectivity index (χ4n) is 12.1. The molecule has 0 unspecified atom stereocenters. The fraction of sp³-hybridized carbons (Fsp3) is 0.403. The number of aromatic nitrogens is 2. The van der Waals surface area contributed by atoms with Crippen LogP contribution in [0.15, 0.2) is 181 Å². The van der Waals surface area contributed by atoms with E-state index in [0.29, 0.717) is 105 Å². The largest absolute Gasteiger partial charge is 3.00 e. The monoisotopic (exact) mass is 1690 g/mol. The molecule has 4 aromatic carbocycles. The predicted molar refractivity (Wildman–Crippen MR) is 412 cm³/mol. The molecule has 7 N–H and O–H groups in total. The molecule has 561 valence electrons. The summed E-state index contributed by atoms with van der Waals surface area (Å²) in [5.41, 5.74) is 9.66. The summed E-state index contributed by atoms with van der Waals surface area (Å²) in [5.74, 6) is 0. The standard InChI is InChI=1S/C72H100N8O8P4S4.5ClH.Fe/c1-13-89(9,14-2)49-45-73-93(81,82)57-29-21-53(22-30-57)69-61-37-39-63(77-61)70(54-23-31-58(32-24-54)94(83,84)74-46-50-90(10,15-3)16-4)65-41-43-67(79-65)72(56-27-35-60(36-28-56)96(87,88)76-48-52-92(12,19-7)20-8)68-44-42-66(80-68)71(64-40-38-62(69)78-64)55-25-33-59(34-26-55)95(85,86)75-47-51-91(11,17-5)18-6;;;;;;/h21-43,73-77,79-80H,13-20,44-52H2,1-12H3;5*1H;/q+4;;;;;;+3/p-5/b69-61-,70-63-,71-64-,72-68-;;;;;;. The molecule has 102 heavy (non-hydrogen) atoms. The second kappa shape index (κ2) is 39.3. The van der Waals surface area contributed by atoms with Crippen LogP contribution in [0.3, 0.4) is 0 Å². The van der Waals surface area contributed by atoms with Gasteiger partial charge in [0.25, 0.3) is 0 Å². The van der Waals surface area contributed by atoms with Crippen molar-refractivity contribution in [3.05, 3.63) is 201 Å². The maximum atomic E-state index is 14.0. The molecule has 16 nitrogen and oxygen atoms in total. The molecule has 6 aromatic rings. The molecule has 3 aliphatic rings. The van der Waals surface area contributed by atoms with E-state index >= 15 is 0 Å². The Balaban J connectivity index is 0.00000451. The zero-order valence-electron chi connectivity index (χ0n) is 60.2. The maximum absolute atomic E-state index is 14.0. The van der Waals surface area contributed by atoms with Crippen molar-refractivity contribution in [2.75, 3.05) is 127 Å². The quantitative estimate of drug-likeness (QED) is 0.0166. The van der Waals surface area contributed by atoms with Crippen molar-refractivity contribution in [2.24, 2.45) is 4.99 Å². The number of nitrogens with zero attached hydrogens (tertiary/aromatic N) is 1. The molecule has 0 saturated carbocycles. The van der Waals surface area contributed by atoms with Crippen LogP contribution in [0.4, 0.5) is 0 Å². The molecule has 0 amide bonds. The number of nitrogens with one attached hydrogen (secondary N) is 7. The Kier molecular flexibility index (Phi) is 35.9. The van der Waals surface area contributed by atoms with E-state index in [1.54, 1.807) is 60.7 Å². The van der Waals surface area contributed by atoms with Gasteiger partial charge >= 0.3 is 17.1 Å². The first-order chi connectivity index (χ1) is 45.5. The first-order valence-corrected chi connectivity index (χ1v) is 50.7. The van der Waals surface area contributed by atoms with Crippen molar-refractivity contribution in [2.45, 2.75) is 81.4 Å². The van der Waals surface area contributed by atoms with E-state index in [9.17, 15) is 33.7 Å². The molecule has 8 bridgehead atoms. The number of aliphatic imine (C=N–C) groups is 1. The molecular formula is C72H100Cl5FeN8O8P4S4+2. The topological polar surface area (TPSA) is 241 Å². The zero-order valence-corrected chi connectivity index (χ0v) is 71.9. The van der Waals surface area contributed by atoms with Crippen LogP contribution in [-0.2, 0) is 57.2 Å². The van der Waals surface area contributed by atoms with Gasteiger partial charge in [0.15, 0.2) is 0 Å². The SMILES string of the molecule is CC[P+](C)(CC)CCNS(=O)(=O)c1ccc(/C2=C3\C=CC(=N3)/C(c3ccc(S(=O)(=O)NCC[P+](C)(CC)CC)cc3)=c3/cc/c([nH]3)=C(\c3ccc(S(=O)(=O)NCC[P+](C)(CC)CC)cc3)c3ccc([nH]3)/C(c3ccc(S(=O)(=O)NCC[P+](C)(CC)CC)cc3)=C3/CC=C2N3)cc1.[Cl-].[Cl-].[Cl-].[Cl-].[Cl-].[Fe+3]. The van der Waals surface area contributed by atoms with Gasteiger partial charge in [-0.1, -0.05) is 54.6 Å². The third kappa shape index (κ3) is 22.1. The summed E-state index contributed by atoms with van der Waals surface area (Å²) >= 11 is 0. The van der Waals surface area contributed by atoms with Crippen LogP contribution in [0.2, 0.25) is 0 Å². The van der Waals surface area contributed by atoms with Crippen LogP contribution < -0.4 is 96.9 Å². The molecule has 2 aromatic heterocycles. The van der Waals surface area contributed by atoms with Crippen LogP contribution in [0.1, 0.15) is 95.5 Å². The molecule has 9 rings (SSSR count). The molecule has 1 radical (unpaired) electrons. The van der Waals surface area contributed by atoms with Crippen molar-refractivity contribution in [3.63, 3.8) is 0 Å². The second-order valence-electron chi connectivity index (χ2n) is 26.3. The van der Waals surface area contributed by atoms with E-state index in [4.69, 9.17) is 4.99 Å². The molecule has 30 heteroatoms. The molecule has 0 aliphatic carbocycles. The van der Waals surface area contributed by atoms with E-state index in [2.05, 4.69) is 122 Å². The fourth-order valence-corrected chi connectivity index (χ4v) is 23.8. The number of hydrogen-bond donors (Lipinski definition) is 7. The molecule has 0 saturated heterocycles. The summed E-state index contributed by atoms with van der Waals surface area (Å²) in [5, 5.41) is 5.12. The number of sulfonamides is 4. The summed E-state index contributed by atoms with van der Waals surface area (Å²) in [6, 6.07) is 35.4. The Bertz CT molecular complexity index is 4600. The van der Waals surface area contributed by atoms with Gasteiger partial charge in [0.2, 0.25) is 40.1 Å². The number of fused-ring (bicyclic) bond motifs is 7. The zero-order chi connectivity index (χ0) is 69.5. The van der Waals surface area contributed by atoms with Crippen molar-refractivity contribution < 1.29 is 113 Å². The molecule has 3 aliphatic heterocycles. The molecule has 0 atom stereocenters. The second-order valence-corrected chi connectivity index (χ2v) is 53.2. The summed E-state index contributed by atoms with van der Waals surface area (Å²) < 4.78 is 123. The van der Waals surface area contributed by atoms with Crippen molar-refractivity contribution in [1.82, 2.24) is 34.2 Å². The van der Waals surface area contributed by atoms with Gasteiger partial charge in [0.05, 0.1) is 105 Å². The Morgan fingerprint density at radius 3 is 1.00 bits per heavy atom. The van der Waals surface area contributed by atoms with Crippen molar-refractivity contribution in [1.29, 1.82) is 0 Å². The molecule has 0 spiro atoms. The van der Waals surface area contributed by atoms with E-state index in [-0.39, 0.29) is 98.7 Å². The van der Waals surface area contributed by atoms with Gasteiger partial charge in [-0.05, 0) is 163 Å². The minimum atomic E-state index is -3.87. The van der Waals surface area contributed by atoms with Crippen LogP contribution >= 0.6 is 29.0 Å². The van der Waals surface area contributed by atoms with Crippen LogP contribution in [0, 0.1) is 0 Å². The maximum Gasteiger partial charge on any atom is 3.00 e. The third-order valence-electron chi connectivity index (χ3n) is 20.7.